The fraction of sp³-hybridized carbons (Fsp3) is 0.909. The van der Waals surface area contributed by atoms with Crippen LogP contribution >= 0.6 is 11.8 Å². The maximum atomic E-state index is 4.05. The van der Waals surface area contributed by atoms with Crippen LogP contribution in [0.2, 0.25) is 0 Å². The van der Waals surface area contributed by atoms with E-state index in [9.17, 15) is 0 Å². The Bertz CT molecular complexity index is 204. The minimum absolute atomic E-state index is 0.0138. The lowest BCUT2D eigenvalue weighted by molar-refractivity contribution is 0.150. The summed E-state index contributed by atoms with van der Waals surface area (Å²) in [6.45, 7) is 4.15. The first-order valence-corrected chi connectivity index (χ1v) is 6.89. The first-order chi connectivity index (χ1) is 7.27. The highest BCUT2D eigenvalue weighted by atomic mass is 32.2. The molecule has 0 aromatic heterocycles. The topological polar surface area (TPSA) is 36.1 Å². The number of hydrogen-bond donors (Lipinski definition) is 3. The zero-order valence-electron chi connectivity index (χ0n) is 9.51. The van der Waals surface area contributed by atoms with Crippen LogP contribution in [0.5, 0.6) is 0 Å². The van der Waals surface area contributed by atoms with Crippen LogP contribution in [0.15, 0.2) is 0 Å². The number of rotatable bonds is 2. The molecule has 2 rings (SSSR count). The summed E-state index contributed by atoms with van der Waals surface area (Å²) in [4.78, 5) is 0.0138. The Hall–Kier alpha value is 0.230. The van der Waals surface area contributed by atoms with E-state index in [1.165, 1.54) is 25.7 Å². The minimum atomic E-state index is 0.0138. The van der Waals surface area contributed by atoms with Crippen molar-refractivity contribution in [2.75, 3.05) is 13.3 Å². The van der Waals surface area contributed by atoms with Crippen LogP contribution in [0.4, 0.5) is 0 Å². The van der Waals surface area contributed by atoms with Crippen LogP contribution in [0.25, 0.3) is 0 Å². The lowest BCUT2D eigenvalue weighted by atomic mass is 9.80. The van der Waals surface area contributed by atoms with E-state index in [0.29, 0.717) is 5.92 Å². The van der Waals surface area contributed by atoms with Gasteiger partial charge in [0.25, 0.3) is 0 Å². The zero-order chi connectivity index (χ0) is 10.7. The maximum absolute atomic E-state index is 4.05. The molecule has 3 N–H and O–H groups in total. The molecule has 1 radical (unpaired) electrons. The molecular formula is C11H22N3S. The Morgan fingerprint density at radius 1 is 1.27 bits per heavy atom. The van der Waals surface area contributed by atoms with Crippen molar-refractivity contribution in [2.45, 2.75) is 37.6 Å². The van der Waals surface area contributed by atoms with Gasteiger partial charge in [0.05, 0.1) is 0 Å². The van der Waals surface area contributed by atoms with Gasteiger partial charge in [0.1, 0.15) is 4.99 Å². The van der Waals surface area contributed by atoms with E-state index in [4.69, 9.17) is 0 Å². The normalized spacial score (nSPS) is 36.4. The number of hydrogen-bond acceptors (Lipinski definition) is 4. The highest BCUT2D eigenvalue weighted by Gasteiger charge is 2.40. The summed E-state index contributed by atoms with van der Waals surface area (Å²) >= 11 is 1.69. The smallest absolute Gasteiger partial charge is 0.122 e. The van der Waals surface area contributed by atoms with Crippen LogP contribution in [0.3, 0.4) is 0 Å². The molecule has 1 aliphatic carbocycles. The van der Waals surface area contributed by atoms with Gasteiger partial charge in [0, 0.05) is 25.5 Å². The third-order valence-electron chi connectivity index (χ3n) is 3.69. The standard InChI is InChI=1S/C11H22N3S/c1-9-4-3-5-10(6-9)11(15-2)13-7-12-8-14-11/h9-10,12-14H,2-8H2,1H3. The van der Waals surface area contributed by atoms with Crippen molar-refractivity contribution in [1.82, 2.24) is 16.0 Å². The van der Waals surface area contributed by atoms with Crippen molar-refractivity contribution in [2.24, 2.45) is 11.8 Å². The van der Waals surface area contributed by atoms with Gasteiger partial charge < -0.3 is 0 Å². The van der Waals surface area contributed by atoms with Gasteiger partial charge in [-0.05, 0) is 18.8 Å². The third kappa shape index (κ3) is 2.49. The SMILES string of the molecule is [CH2]SC1(C2CCCC(C)C2)NCNCN1. The zero-order valence-corrected chi connectivity index (χ0v) is 10.3. The molecule has 0 amide bonds. The molecule has 87 valence electrons. The van der Waals surface area contributed by atoms with E-state index in [2.05, 4.69) is 29.1 Å². The molecule has 15 heavy (non-hydrogen) atoms. The molecule has 1 saturated carbocycles. The highest BCUT2D eigenvalue weighted by molar-refractivity contribution is 8.01. The molecule has 1 aliphatic heterocycles. The van der Waals surface area contributed by atoms with Gasteiger partial charge in [-0.25, -0.2) is 0 Å². The van der Waals surface area contributed by atoms with Crippen LogP contribution in [0.1, 0.15) is 32.6 Å². The predicted octanol–water partition coefficient (Wildman–Crippen LogP) is 1.69. The molecule has 1 heterocycles. The van der Waals surface area contributed by atoms with Gasteiger partial charge >= 0.3 is 0 Å². The fourth-order valence-corrected chi connectivity index (χ4v) is 3.62. The highest BCUT2D eigenvalue weighted by Crippen LogP contribution is 2.39. The van der Waals surface area contributed by atoms with Gasteiger partial charge in [-0.2, -0.15) is 0 Å². The van der Waals surface area contributed by atoms with Crippen molar-refractivity contribution in [3.8, 4) is 0 Å². The van der Waals surface area contributed by atoms with E-state index in [1.807, 2.05) is 0 Å². The summed E-state index contributed by atoms with van der Waals surface area (Å²) in [5.41, 5.74) is 0. The Balaban J connectivity index is 2.03. The van der Waals surface area contributed by atoms with Crippen LogP contribution in [-0.2, 0) is 0 Å². The number of thioether (sulfide) groups is 1. The molecule has 4 heteroatoms. The molecule has 3 nitrogen and oxygen atoms in total. The molecule has 0 aromatic rings. The largest absolute Gasteiger partial charge is 0.292 e. The molecule has 2 atom stereocenters. The second kappa shape index (κ2) is 5.04. The van der Waals surface area contributed by atoms with Crippen molar-refractivity contribution in [3.63, 3.8) is 0 Å². The quantitative estimate of drug-likeness (QED) is 0.672. The minimum Gasteiger partial charge on any atom is -0.292 e. The second-order valence-corrected chi connectivity index (χ2v) is 5.74. The second-order valence-electron chi connectivity index (χ2n) is 4.81. The Labute approximate surface area is 97.1 Å². The van der Waals surface area contributed by atoms with Crippen LogP contribution in [0, 0.1) is 18.1 Å². The molecule has 0 spiro atoms. The molecule has 2 fully saturated rings. The lowest BCUT2D eigenvalue weighted by Crippen LogP contribution is -2.67. The molecule has 2 unspecified atom stereocenters. The van der Waals surface area contributed by atoms with Crippen LogP contribution < -0.4 is 16.0 Å². The van der Waals surface area contributed by atoms with E-state index in [-0.39, 0.29) is 4.99 Å². The van der Waals surface area contributed by atoms with Crippen LogP contribution in [-0.4, -0.2) is 18.3 Å². The summed E-state index contributed by atoms with van der Waals surface area (Å²) in [7, 11) is 0. The first kappa shape index (κ1) is 11.7. The van der Waals surface area contributed by atoms with Crippen molar-refractivity contribution >= 4 is 11.8 Å². The van der Waals surface area contributed by atoms with Crippen molar-refractivity contribution < 1.29 is 0 Å². The van der Waals surface area contributed by atoms with Gasteiger partial charge in [-0.15, -0.1) is 11.8 Å². The summed E-state index contributed by atoms with van der Waals surface area (Å²) in [5.74, 6) is 1.58. The van der Waals surface area contributed by atoms with E-state index < -0.39 is 0 Å². The Morgan fingerprint density at radius 3 is 2.60 bits per heavy atom. The van der Waals surface area contributed by atoms with Crippen molar-refractivity contribution in [1.29, 1.82) is 0 Å². The Kier molecular flexibility index (Phi) is 3.93. The summed E-state index contributed by atoms with van der Waals surface area (Å²) in [6, 6.07) is 0. The van der Waals surface area contributed by atoms with Gasteiger partial charge in [-0.1, -0.05) is 19.8 Å². The average Bonchev–Trinajstić information content (AvgIpc) is 2.30. The molecule has 1 saturated heterocycles. The van der Waals surface area contributed by atoms with Gasteiger partial charge in [0.2, 0.25) is 0 Å². The molecule has 2 aliphatic rings. The first-order valence-electron chi connectivity index (χ1n) is 5.91. The molecular weight excluding hydrogens is 206 g/mol. The average molecular weight is 228 g/mol. The number of nitrogens with one attached hydrogen (secondary N) is 3. The predicted molar refractivity (Wildman–Crippen MR) is 65.9 cm³/mol. The summed E-state index contributed by atoms with van der Waals surface area (Å²) in [6.07, 6.45) is 9.46. The van der Waals surface area contributed by atoms with Crippen molar-refractivity contribution in [3.05, 3.63) is 6.26 Å². The lowest BCUT2D eigenvalue weighted by Gasteiger charge is -2.46. The van der Waals surface area contributed by atoms with Gasteiger partial charge in [-0.3, -0.25) is 16.0 Å². The summed E-state index contributed by atoms with van der Waals surface area (Å²) in [5, 5.41) is 10.4. The van der Waals surface area contributed by atoms with E-state index in [0.717, 1.165) is 19.3 Å². The monoisotopic (exact) mass is 228 g/mol. The maximum Gasteiger partial charge on any atom is 0.122 e. The fourth-order valence-electron chi connectivity index (χ4n) is 2.82. The molecule has 0 bridgehead atoms. The molecule has 0 aromatic carbocycles. The Morgan fingerprint density at radius 2 is 2.00 bits per heavy atom. The summed E-state index contributed by atoms with van der Waals surface area (Å²) < 4.78 is 0. The third-order valence-corrected chi connectivity index (χ3v) is 4.77. The van der Waals surface area contributed by atoms with Gasteiger partial charge in [0.15, 0.2) is 0 Å². The van der Waals surface area contributed by atoms with E-state index in [1.54, 1.807) is 11.8 Å². The van der Waals surface area contributed by atoms with E-state index >= 15 is 0 Å².